The molecular weight excluding hydrogens is 118 g/mol. The molecule has 2 atom stereocenters. The normalized spacial score (nSPS) is 38.0. The van der Waals surface area contributed by atoms with Crippen LogP contribution in [0.5, 0.6) is 0 Å². The predicted octanol–water partition coefficient (Wildman–Crippen LogP) is -0.908. The lowest BCUT2D eigenvalue weighted by Crippen LogP contribution is -2.32. The molecule has 1 aliphatic rings. The Labute approximate surface area is 54.7 Å². The third-order valence-electron chi connectivity index (χ3n) is 1.65. The van der Waals surface area contributed by atoms with E-state index < -0.39 is 12.2 Å². The first-order valence-electron chi connectivity index (χ1n) is 3.37. The summed E-state index contributed by atoms with van der Waals surface area (Å²) in [6, 6.07) is 0. The minimum absolute atomic E-state index is 0.514. The molecule has 3 N–H and O–H groups in total. The van der Waals surface area contributed by atoms with Crippen LogP contribution >= 0.6 is 0 Å². The fourth-order valence-electron chi connectivity index (χ4n) is 1.01. The summed E-state index contributed by atoms with van der Waals surface area (Å²) in [4.78, 5) is 0. The first-order valence-corrected chi connectivity index (χ1v) is 3.37. The van der Waals surface area contributed by atoms with Gasteiger partial charge in [0.05, 0.1) is 12.2 Å². The average Bonchev–Trinajstić information content (AvgIpc) is 1.99. The van der Waals surface area contributed by atoms with Crippen LogP contribution in [-0.2, 0) is 0 Å². The molecule has 0 spiro atoms. The third-order valence-corrected chi connectivity index (χ3v) is 1.65. The molecule has 0 radical (unpaired) electrons. The van der Waals surface area contributed by atoms with Gasteiger partial charge in [-0.25, -0.2) is 0 Å². The van der Waals surface area contributed by atoms with Crippen molar-refractivity contribution in [2.75, 3.05) is 13.1 Å². The average molecular weight is 131 g/mol. The lowest BCUT2D eigenvalue weighted by Gasteiger charge is -2.12. The molecule has 3 nitrogen and oxygen atoms in total. The van der Waals surface area contributed by atoms with E-state index in [1.54, 1.807) is 0 Å². The van der Waals surface area contributed by atoms with Crippen LogP contribution in [0.1, 0.15) is 12.8 Å². The van der Waals surface area contributed by atoms with E-state index in [0.29, 0.717) is 13.0 Å². The van der Waals surface area contributed by atoms with Gasteiger partial charge < -0.3 is 15.5 Å². The van der Waals surface area contributed by atoms with Gasteiger partial charge in [-0.1, -0.05) is 0 Å². The van der Waals surface area contributed by atoms with Crippen molar-refractivity contribution in [3.05, 3.63) is 0 Å². The van der Waals surface area contributed by atoms with Crippen molar-refractivity contribution < 1.29 is 10.2 Å². The van der Waals surface area contributed by atoms with Crippen LogP contribution in [0, 0.1) is 0 Å². The Hall–Kier alpha value is -0.120. The van der Waals surface area contributed by atoms with Crippen molar-refractivity contribution in [2.24, 2.45) is 0 Å². The Morgan fingerprint density at radius 3 is 2.78 bits per heavy atom. The molecule has 3 heteroatoms. The van der Waals surface area contributed by atoms with Gasteiger partial charge in [-0.05, 0) is 19.4 Å². The molecule has 0 bridgehead atoms. The van der Waals surface area contributed by atoms with Gasteiger partial charge in [-0.2, -0.15) is 0 Å². The summed E-state index contributed by atoms with van der Waals surface area (Å²) < 4.78 is 0. The van der Waals surface area contributed by atoms with E-state index in [1.165, 1.54) is 0 Å². The van der Waals surface area contributed by atoms with Crippen LogP contribution in [0.4, 0.5) is 0 Å². The first kappa shape index (κ1) is 6.99. The highest BCUT2D eigenvalue weighted by Gasteiger charge is 2.17. The molecule has 9 heavy (non-hydrogen) atoms. The quantitative estimate of drug-likeness (QED) is 0.399. The highest BCUT2D eigenvalue weighted by Crippen LogP contribution is 2.04. The zero-order valence-corrected chi connectivity index (χ0v) is 5.38. The third kappa shape index (κ3) is 1.93. The molecule has 1 saturated heterocycles. The molecule has 0 unspecified atom stereocenters. The second kappa shape index (κ2) is 3.15. The Morgan fingerprint density at radius 2 is 2.00 bits per heavy atom. The number of hydrogen-bond donors (Lipinski definition) is 3. The number of nitrogens with one attached hydrogen (secondary N) is 1. The maximum absolute atomic E-state index is 9.07. The highest BCUT2D eigenvalue weighted by atomic mass is 16.3. The molecule has 0 aromatic carbocycles. The largest absolute Gasteiger partial charge is 0.390 e. The zero-order chi connectivity index (χ0) is 6.69. The molecular formula is C6H13NO2. The van der Waals surface area contributed by atoms with Crippen LogP contribution in [0.3, 0.4) is 0 Å². The Morgan fingerprint density at radius 1 is 1.22 bits per heavy atom. The van der Waals surface area contributed by atoms with Crippen molar-refractivity contribution in [2.45, 2.75) is 25.0 Å². The summed E-state index contributed by atoms with van der Waals surface area (Å²) >= 11 is 0. The van der Waals surface area contributed by atoms with Gasteiger partial charge in [0.25, 0.3) is 0 Å². The van der Waals surface area contributed by atoms with E-state index in [0.717, 1.165) is 13.0 Å². The topological polar surface area (TPSA) is 52.5 Å². The summed E-state index contributed by atoms with van der Waals surface area (Å²) in [5.41, 5.74) is 0. The lowest BCUT2D eigenvalue weighted by molar-refractivity contribution is 0.0228. The monoisotopic (exact) mass is 131 g/mol. The molecule has 1 aliphatic heterocycles. The molecule has 0 aromatic rings. The van der Waals surface area contributed by atoms with E-state index in [1.807, 2.05) is 0 Å². The minimum atomic E-state index is -0.563. The number of aliphatic hydroxyl groups excluding tert-OH is 2. The molecule has 0 aliphatic carbocycles. The predicted molar refractivity (Wildman–Crippen MR) is 34.1 cm³/mol. The summed E-state index contributed by atoms with van der Waals surface area (Å²) in [5, 5.41) is 21.1. The molecule has 0 amide bonds. The maximum Gasteiger partial charge on any atom is 0.0923 e. The van der Waals surface area contributed by atoms with Gasteiger partial charge in [0.15, 0.2) is 0 Å². The summed E-state index contributed by atoms with van der Waals surface area (Å²) in [7, 11) is 0. The van der Waals surface area contributed by atoms with E-state index in [4.69, 9.17) is 10.2 Å². The van der Waals surface area contributed by atoms with Crippen molar-refractivity contribution in [1.29, 1.82) is 0 Å². The maximum atomic E-state index is 9.07. The molecule has 1 rings (SSSR count). The van der Waals surface area contributed by atoms with Gasteiger partial charge in [-0.15, -0.1) is 0 Å². The van der Waals surface area contributed by atoms with Gasteiger partial charge >= 0.3 is 0 Å². The van der Waals surface area contributed by atoms with Crippen LogP contribution < -0.4 is 5.32 Å². The van der Waals surface area contributed by atoms with Crippen molar-refractivity contribution in [3.8, 4) is 0 Å². The number of hydrogen-bond acceptors (Lipinski definition) is 3. The highest BCUT2D eigenvalue weighted by molar-refractivity contribution is 4.73. The molecule has 1 fully saturated rings. The van der Waals surface area contributed by atoms with Gasteiger partial charge in [0.2, 0.25) is 0 Å². The van der Waals surface area contributed by atoms with E-state index >= 15 is 0 Å². The summed E-state index contributed by atoms with van der Waals surface area (Å²) in [6.07, 6.45) is 0.597. The minimum Gasteiger partial charge on any atom is -0.390 e. The molecule has 1 heterocycles. The lowest BCUT2D eigenvalue weighted by atomic mass is 10.1. The van der Waals surface area contributed by atoms with Crippen LogP contribution in [0.2, 0.25) is 0 Å². The summed E-state index contributed by atoms with van der Waals surface area (Å²) in [6.45, 7) is 1.44. The fraction of sp³-hybridized carbons (Fsp3) is 1.00. The number of rotatable bonds is 0. The SMILES string of the molecule is O[C@H]1CCCNC[C@@H]1O. The smallest absolute Gasteiger partial charge is 0.0923 e. The van der Waals surface area contributed by atoms with Gasteiger partial charge in [-0.3, -0.25) is 0 Å². The zero-order valence-electron chi connectivity index (χ0n) is 5.38. The Balaban J connectivity index is 2.32. The molecule has 0 saturated carbocycles. The first-order chi connectivity index (χ1) is 4.30. The second-order valence-electron chi connectivity index (χ2n) is 2.48. The van der Waals surface area contributed by atoms with Crippen LogP contribution in [0.15, 0.2) is 0 Å². The Bertz CT molecular complexity index is 77.1. The van der Waals surface area contributed by atoms with E-state index in [-0.39, 0.29) is 0 Å². The molecule has 54 valence electrons. The number of aliphatic hydroxyl groups is 2. The molecule has 0 aromatic heterocycles. The van der Waals surface area contributed by atoms with Crippen LogP contribution in [-0.4, -0.2) is 35.5 Å². The summed E-state index contributed by atoms with van der Waals surface area (Å²) in [5.74, 6) is 0. The van der Waals surface area contributed by atoms with E-state index in [9.17, 15) is 0 Å². The van der Waals surface area contributed by atoms with Crippen molar-refractivity contribution >= 4 is 0 Å². The van der Waals surface area contributed by atoms with Crippen molar-refractivity contribution in [3.63, 3.8) is 0 Å². The van der Waals surface area contributed by atoms with Crippen molar-refractivity contribution in [1.82, 2.24) is 5.32 Å². The number of β-amino-alcohol motifs (C(OH)–C–C–N with tert-alkyl or cyclic N) is 1. The van der Waals surface area contributed by atoms with Gasteiger partial charge in [0, 0.05) is 6.54 Å². The van der Waals surface area contributed by atoms with Crippen LogP contribution in [0.25, 0.3) is 0 Å². The second-order valence-corrected chi connectivity index (χ2v) is 2.48. The Kier molecular flexibility index (Phi) is 2.45. The van der Waals surface area contributed by atoms with Gasteiger partial charge in [0.1, 0.15) is 0 Å². The van der Waals surface area contributed by atoms with E-state index in [2.05, 4.69) is 5.32 Å². The fourth-order valence-corrected chi connectivity index (χ4v) is 1.01. The standard InChI is InChI=1S/C6H13NO2/c8-5-2-1-3-7-4-6(5)9/h5-9H,1-4H2/t5-,6-/m0/s1.